The number of methoxy groups -OCH3 is 1. The molecule has 2 atom stereocenters. The average Bonchev–Trinajstić information content (AvgIpc) is 2.84. The highest BCUT2D eigenvalue weighted by Crippen LogP contribution is 2.42. The SMILES string of the molecule is COC(c1noc(C2CCNC2)n1)C1CC1. The molecule has 2 unspecified atom stereocenters. The van der Waals surface area contributed by atoms with Gasteiger partial charge in [0.25, 0.3) is 0 Å². The summed E-state index contributed by atoms with van der Waals surface area (Å²) in [5.41, 5.74) is 0. The molecule has 1 N–H and O–H groups in total. The van der Waals surface area contributed by atoms with Crippen molar-refractivity contribution in [3.05, 3.63) is 11.7 Å². The maximum absolute atomic E-state index is 5.44. The third kappa shape index (κ3) is 1.85. The Morgan fingerprint density at radius 2 is 2.31 bits per heavy atom. The summed E-state index contributed by atoms with van der Waals surface area (Å²) >= 11 is 0. The van der Waals surface area contributed by atoms with Gasteiger partial charge in [-0.05, 0) is 31.7 Å². The van der Waals surface area contributed by atoms with E-state index in [2.05, 4.69) is 15.5 Å². The van der Waals surface area contributed by atoms with Crippen LogP contribution in [0.5, 0.6) is 0 Å². The van der Waals surface area contributed by atoms with Crippen molar-refractivity contribution in [2.45, 2.75) is 31.3 Å². The van der Waals surface area contributed by atoms with Gasteiger partial charge >= 0.3 is 0 Å². The highest BCUT2D eigenvalue weighted by atomic mass is 16.5. The Morgan fingerprint density at radius 3 is 2.94 bits per heavy atom. The second-order valence-electron chi connectivity index (χ2n) is 4.67. The number of hydrogen-bond acceptors (Lipinski definition) is 5. The van der Waals surface area contributed by atoms with Crippen molar-refractivity contribution in [2.75, 3.05) is 20.2 Å². The zero-order chi connectivity index (χ0) is 11.0. The lowest BCUT2D eigenvalue weighted by molar-refractivity contribution is 0.0751. The highest BCUT2D eigenvalue weighted by Gasteiger charge is 2.36. The quantitative estimate of drug-likeness (QED) is 0.832. The molecule has 2 heterocycles. The minimum atomic E-state index is 0.0341. The second-order valence-corrected chi connectivity index (χ2v) is 4.67. The van der Waals surface area contributed by atoms with Crippen molar-refractivity contribution < 1.29 is 9.26 Å². The van der Waals surface area contributed by atoms with Gasteiger partial charge in [0.2, 0.25) is 11.7 Å². The molecule has 0 aromatic carbocycles. The van der Waals surface area contributed by atoms with E-state index < -0.39 is 0 Å². The summed E-state index contributed by atoms with van der Waals surface area (Å²) in [5, 5.41) is 7.35. The van der Waals surface area contributed by atoms with Crippen LogP contribution in [0.15, 0.2) is 4.52 Å². The normalized spacial score (nSPS) is 27.2. The number of nitrogens with one attached hydrogen (secondary N) is 1. The van der Waals surface area contributed by atoms with Crippen LogP contribution in [0.25, 0.3) is 0 Å². The van der Waals surface area contributed by atoms with Gasteiger partial charge in [0, 0.05) is 13.7 Å². The van der Waals surface area contributed by atoms with Crippen molar-refractivity contribution in [3.8, 4) is 0 Å². The minimum Gasteiger partial charge on any atom is -0.373 e. The highest BCUT2D eigenvalue weighted by molar-refractivity contribution is 5.02. The first-order valence-electron chi connectivity index (χ1n) is 5.95. The van der Waals surface area contributed by atoms with Gasteiger partial charge in [-0.3, -0.25) is 0 Å². The van der Waals surface area contributed by atoms with Gasteiger partial charge in [-0.2, -0.15) is 4.98 Å². The molecule has 1 aliphatic heterocycles. The molecule has 0 bridgehead atoms. The first-order valence-corrected chi connectivity index (χ1v) is 5.95. The largest absolute Gasteiger partial charge is 0.373 e. The molecule has 1 aromatic heterocycles. The molecule has 5 heteroatoms. The Morgan fingerprint density at radius 1 is 1.44 bits per heavy atom. The summed E-state index contributed by atoms with van der Waals surface area (Å²) in [6.45, 7) is 1.99. The summed E-state index contributed by atoms with van der Waals surface area (Å²) in [4.78, 5) is 4.48. The van der Waals surface area contributed by atoms with Crippen LogP contribution in [-0.2, 0) is 4.74 Å². The molecule has 88 valence electrons. The van der Waals surface area contributed by atoms with Gasteiger partial charge in [-0.25, -0.2) is 0 Å². The average molecular weight is 223 g/mol. The van der Waals surface area contributed by atoms with Crippen molar-refractivity contribution in [1.29, 1.82) is 0 Å². The fourth-order valence-corrected chi connectivity index (χ4v) is 2.30. The zero-order valence-corrected chi connectivity index (χ0v) is 9.48. The first kappa shape index (κ1) is 10.2. The van der Waals surface area contributed by atoms with Crippen LogP contribution in [0.4, 0.5) is 0 Å². The van der Waals surface area contributed by atoms with Crippen LogP contribution >= 0.6 is 0 Å². The number of rotatable bonds is 4. The van der Waals surface area contributed by atoms with E-state index in [4.69, 9.17) is 9.26 Å². The van der Waals surface area contributed by atoms with Crippen LogP contribution in [-0.4, -0.2) is 30.3 Å². The molecule has 16 heavy (non-hydrogen) atoms. The standard InChI is InChI=1S/C11H17N3O2/c1-15-9(7-2-3-7)10-13-11(16-14-10)8-4-5-12-6-8/h7-9,12H,2-6H2,1H3. The van der Waals surface area contributed by atoms with E-state index in [-0.39, 0.29) is 6.10 Å². The molecule has 0 spiro atoms. The summed E-state index contributed by atoms with van der Waals surface area (Å²) in [6.07, 6.45) is 3.55. The molecule has 5 nitrogen and oxygen atoms in total. The fourth-order valence-electron chi connectivity index (χ4n) is 2.30. The number of aromatic nitrogens is 2. The Labute approximate surface area is 94.6 Å². The van der Waals surface area contributed by atoms with Gasteiger partial charge in [0.15, 0.2) is 0 Å². The van der Waals surface area contributed by atoms with E-state index in [1.807, 2.05) is 0 Å². The van der Waals surface area contributed by atoms with Crippen LogP contribution in [0, 0.1) is 5.92 Å². The summed E-state index contributed by atoms with van der Waals surface area (Å²) in [7, 11) is 1.72. The molecular weight excluding hydrogens is 206 g/mol. The summed E-state index contributed by atoms with van der Waals surface area (Å²) < 4.78 is 10.8. The number of hydrogen-bond donors (Lipinski definition) is 1. The van der Waals surface area contributed by atoms with E-state index >= 15 is 0 Å². The van der Waals surface area contributed by atoms with Crippen molar-refractivity contribution >= 4 is 0 Å². The molecule has 0 amide bonds. The van der Waals surface area contributed by atoms with Gasteiger partial charge in [0.1, 0.15) is 6.10 Å². The van der Waals surface area contributed by atoms with Crippen molar-refractivity contribution in [2.24, 2.45) is 5.92 Å². The molecule has 1 saturated carbocycles. The third-order valence-corrected chi connectivity index (χ3v) is 3.43. The van der Waals surface area contributed by atoms with Gasteiger partial charge in [-0.1, -0.05) is 5.16 Å². The first-order chi connectivity index (χ1) is 7.88. The van der Waals surface area contributed by atoms with Crippen LogP contribution in [0.2, 0.25) is 0 Å². The lowest BCUT2D eigenvalue weighted by Gasteiger charge is -2.08. The van der Waals surface area contributed by atoms with Crippen LogP contribution in [0.3, 0.4) is 0 Å². The molecule has 1 saturated heterocycles. The zero-order valence-electron chi connectivity index (χ0n) is 9.48. The van der Waals surface area contributed by atoms with E-state index in [0.29, 0.717) is 11.8 Å². The number of ether oxygens (including phenoxy) is 1. The van der Waals surface area contributed by atoms with Crippen LogP contribution in [0.1, 0.15) is 43.0 Å². The molecule has 1 aromatic rings. The molecule has 1 aliphatic carbocycles. The predicted molar refractivity (Wildman–Crippen MR) is 57.0 cm³/mol. The maximum atomic E-state index is 5.44. The summed E-state index contributed by atoms with van der Waals surface area (Å²) in [6, 6.07) is 0. The molecule has 3 rings (SSSR count). The smallest absolute Gasteiger partial charge is 0.231 e. The van der Waals surface area contributed by atoms with E-state index in [9.17, 15) is 0 Å². The Kier molecular flexibility index (Phi) is 2.65. The van der Waals surface area contributed by atoms with E-state index in [0.717, 1.165) is 31.2 Å². The molecule has 0 radical (unpaired) electrons. The van der Waals surface area contributed by atoms with E-state index in [1.54, 1.807) is 7.11 Å². The van der Waals surface area contributed by atoms with Crippen LogP contribution < -0.4 is 5.32 Å². The van der Waals surface area contributed by atoms with Gasteiger partial charge in [-0.15, -0.1) is 0 Å². The lowest BCUT2D eigenvalue weighted by atomic mass is 10.1. The Bertz CT molecular complexity index is 356. The predicted octanol–water partition coefficient (Wildman–Crippen LogP) is 1.24. The maximum Gasteiger partial charge on any atom is 0.231 e. The molecular formula is C11H17N3O2. The second kappa shape index (κ2) is 4.14. The topological polar surface area (TPSA) is 60.2 Å². The molecule has 2 fully saturated rings. The van der Waals surface area contributed by atoms with Crippen molar-refractivity contribution in [3.63, 3.8) is 0 Å². The Hall–Kier alpha value is -0.940. The third-order valence-electron chi connectivity index (χ3n) is 3.43. The minimum absolute atomic E-state index is 0.0341. The number of nitrogens with zero attached hydrogens (tertiary/aromatic N) is 2. The molecule has 2 aliphatic rings. The van der Waals surface area contributed by atoms with Crippen molar-refractivity contribution in [1.82, 2.24) is 15.5 Å². The lowest BCUT2D eigenvalue weighted by Crippen LogP contribution is -2.09. The van der Waals surface area contributed by atoms with Gasteiger partial charge < -0.3 is 14.6 Å². The van der Waals surface area contributed by atoms with Gasteiger partial charge in [0.05, 0.1) is 5.92 Å². The Balaban J connectivity index is 1.75. The monoisotopic (exact) mass is 223 g/mol. The fraction of sp³-hybridized carbons (Fsp3) is 0.818. The summed E-state index contributed by atoms with van der Waals surface area (Å²) in [5.74, 6) is 2.48. The van der Waals surface area contributed by atoms with E-state index in [1.165, 1.54) is 12.8 Å².